The van der Waals surface area contributed by atoms with E-state index >= 15 is 0 Å². The Kier molecular flexibility index (Phi) is 5.95. The average Bonchev–Trinajstić information content (AvgIpc) is 2.74. The zero-order chi connectivity index (χ0) is 21.1. The first-order chi connectivity index (χ1) is 14.5. The first-order valence-corrected chi connectivity index (χ1v) is 10.3. The number of carbonyl (C=O) groups excluding carboxylic acids is 1. The third-order valence-electron chi connectivity index (χ3n) is 5.68. The number of aryl methyl sites for hydroxylation is 1. The fourth-order valence-electron chi connectivity index (χ4n) is 3.80. The van der Waals surface area contributed by atoms with E-state index in [1.54, 1.807) is 5.01 Å². The first-order valence-electron chi connectivity index (χ1n) is 10.3. The molecule has 4 rings (SSSR count). The number of piperazine rings is 1. The van der Waals surface area contributed by atoms with Gasteiger partial charge >= 0.3 is 0 Å². The van der Waals surface area contributed by atoms with Crippen LogP contribution in [0.15, 0.2) is 59.2 Å². The van der Waals surface area contributed by atoms with Crippen LogP contribution in [0.3, 0.4) is 0 Å². The van der Waals surface area contributed by atoms with Gasteiger partial charge in [0.05, 0.1) is 18.8 Å². The molecule has 1 amide bonds. The standard InChI is InChI=1S/C24H27FN4O/c1-18-3-5-20(6-4-18)15-21-16-24(30)29(26-19(21)2)17-27-11-13-28(14-12-27)23-9-7-22(25)8-10-23/h3-10,15H,11-14,16-17H2,1-2H3/b21-15+. The summed E-state index contributed by atoms with van der Waals surface area (Å²) in [5.74, 6) is -0.190. The second kappa shape index (κ2) is 8.79. The summed E-state index contributed by atoms with van der Waals surface area (Å²) >= 11 is 0. The van der Waals surface area contributed by atoms with E-state index in [0.717, 1.165) is 48.7 Å². The Bertz CT molecular complexity index is 958. The van der Waals surface area contributed by atoms with Gasteiger partial charge in [-0.2, -0.15) is 5.10 Å². The lowest BCUT2D eigenvalue weighted by molar-refractivity contribution is -0.133. The van der Waals surface area contributed by atoms with Crippen molar-refractivity contribution in [3.05, 3.63) is 71.0 Å². The average molecular weight is 407 g/mol. The van der Waals surface area contributed by atoms with Crippen molar-refractivity contribution in [1.82, 2.24) is 9.91 Å². The highest BCUT2D eigenvalue weighted by Crippen LogP contribution is 2.21. The van der Waals surface area contributed by atoms with Crippen molar-refractivity contribution >= 4 is 23.4 Å². The largest absolute Gasteiger partial charge is 0.369 e. The predicted octanol–water partition coefficient (Wildman–Crippen LogP) is 3.91. The molecule has 0 atom stereocenters. The van der Waals surface area contributed by atoms with Gasteiger partial charge in [0.15, 0.2) is 0 Å². The SMILES string of the molecule is CC1=NN(CN2CCN(c3ccc(F)cc3)CC2)C(=O)C/C1=C\c1ccc(C)cc1. The summed E-state index contributed by atoms with van der Waals surface area (Å²) in [7, 11) is 0. The number of carbonyl (C=O) groups is 1. The molecule has 2 heterocycles. The van der Waals surface area contributed by atoms with E-state index in [9.17, 15) is 9.18 Å². The Morgan fingerprint density at radius 1 is 0.967 bits per heavy atom. The Morgan fingerprint density at radius 2 is 1.63 bits per heavy atom. The van der Waals surface area contributed by atoms with Crippen LogP contribution in [0.2, 0.25) is 0 Å². The van der Waals surface area contributed by atoms with Crippen LogP contribution in [0.5, 0.6) is 0 Å². The summed E-state index contributed by atoms with van der Waals surface area (Å²) in [6.07, 6.45) is 2.42. The van der Waals surface area contributed by atoms with Crippen LogP contribution < -0.4 is 4.90 Å². The van der Waals surface area contributed by atoms with Crippen molar-refractivity contribution < 1.29 is 9.18 Å². The van der Waals surface area contributed by atoms with E-state index in [1.807, 2.05) is 19.1 Å². The maximum atomic E-state index is 13.1. The highest BCUT2D eigenvalue weighted by molar-refractivity contribution is 6.08. The fourth-order valence-corrected chi connectivity index (χ4v) is 3.80. The summed E-state index contributed by atoms with van der Waals surface area (Å²) in [5, 5.41) is 6.17. The molecule has 0 aliphatic carbocycles. The van der Waals surface area contributed by atoms with Crippen LogP contribution in [-0.2, 0) is 4.79 Å². The van der Waals surface area contributed by atoms with Gasteiger partial charge in [0, 0.05) is 31.9 Å². The maximum absolute atomic E-state index is 13.1. The molecule has 2 aliphatic rings. The van der Waals surface area contributed by atoms with Crippen LogP contribution in [-0.4, -0.2) is 54.4 Å². The van der Waals surface area contributed by atoms with E-state index in [4.69, 9.17) is 0 Å². The van der Waals surface area contributed by atoms with Gasteiger partial charge in [-0.3, -0.25) is 9.69 Å². The lowest BCUT2D eigenvalue weighted by atomic mass is 10.0. The molecular weight excluding hydrogens is 379 g/mol. The quantitative estimate of drug-likeness (QED) is 0.773. The van der Waals surface area contributed by atoms with Gasteiger partial charge in [0.1, 0.15) is 5.82 Å². The summed E-state index contributed by atoms with van der Waals surface area (Å²) < 4.78 is 13.1. The molecule has 0 saturated carbocycles. The molecule has 0 bridgehead atoms. The van der Waals surface area contributed by atoms with Gasteiger partial charge < -0.3 is 4.90 Å². The Hall–Kier alpha value is -2.99. The number of amides is 1. The molecule has 156 valence electrons. The van der Waals surface area contributed by atoms with Crippen LogP contribution >= 0.6 is 0 Å². The lowest BCUT2D eigenvalue weighted by Crippen LogP contribution is -2.50. The number of hydrogen-bond donors (Lipinski definition) is 0. The van der Waals surface area contributed by atoms with Crippen molar-refractivity contribution in [2.45, 2.75) is 20.3 Å². The normalized spacial score (nSPS) is 19.4. The minimum Gasteiger partial charge on any atom is -0.369 e. The van der Waals surface area contributed by atoms with Gasteiger partial charge in [0.25, 0.3) is 0 Å². The number of nitrogens with zero attached hydrogens (tertiary/aromatic N) is 4. The van der Waals surface area contributed by atoms with Crippen molar-refractivity contribution in [3.8, 4) is 0 Å². The van der Waals surface area contributed by atoms with Gasteiger partial charge in [-0.25, -0.2) is 9.40 Å². The van der Waals surface area contributed by atoms with Crippen molar-refractivity contribution in [3.63, 3.8) is 0 Å². The van der Waals surface area contributed by atoms with Gasteiger partial charge in [-0.05, 0) is 55.3 Å². The minimum absolute atomic E-state index is 0.0277. The molecule has 0 radical (unpaired) electrons. The molecule has 2 aromatic rings. The van der Waals surface area contributed by atoms with E-state index in [2.05, 4.69) is 52.2 Å². The molecule has 1 fully saturated rings. The number of rotatable bonds is 4. The lowest BCUT2D eigenvalue weighted by Gasteiger charge is -2.38. The third-order valence-corrected chi connectivity index (χ3v) is 5.68. The highest BCUT2D eigenvalue weighted by atomic mass is 19.1. The number of halogens is 1. The highest BCUT2D eigenvalue weighted by Gasteiger charge is 2.26. The van der Waals surface area contributed by atoms with Crippen LogP contribution in [0, 0.1) is 12.7 Å². The summed E-state index contributed by atoms with van der Waals surface area (Å²) in [5.41, 5.74) is 5.20. The summed E-state index contributed by atoms with van der Waals surface area (Å²) in [6.45, 7) is 7.88. The smallest absolute Gasteiger partial charge is 0.248 e. The van der Waals surface area contributed by atoms with Crippen LogP contribution in [0.4, 0.5) is 10.1 Å². The molecule has 2 aliphatic heterocycles. The molecule has 0 unspecified atom stereocenters. The zero-order valence-corrected chi connectivity index (χ0v) is 17.5. The van der Waals surface area contributed by atoms with Crippen LogP contribution in [0.1, 0.15) is 24.5 Å². The third kappa shape index (κ3) is 4.76. The molecule has 0 aromatic heterocycles. The Balaban J connectivity index is 1.36. The predicted molar refractivity (Wildman–Crippen MR) is 119 cm³/mol. The molecular formula is C24H27FN4O. The van der Waals surface area contributed by atoms with E-state index in [-0.39, 0.29) is 11.7 Å². The van der Waals surface area contributed by atoms with Crippen molar-refractivity contribution in [1.29, 1.82) is 0 Å². The maximum Gasteiger partial charge on any atom is 0.248 e. The van der Waals surface area contributed by atoms with Gasteiger partial charge in [0.2, 0.25) is 5.91 Å². The minimum atomic E-state index is -0.218. The molecule has 5 nitrogen and oxygen atoms in total. The van der Waals surface area contributed by atoms with Crippen molar-refractivity contribution in [2.75, 3.05) is 37.7 Å². The van der Waals surface area contributed by atoms with Crippen molar-refractivity contribution in [2.24, 2.45) is 5.10 Å². The molecule has 0 N–H and O–H groups in total. The topological polar surface area (TPSA) is 39.1 Å². The van der Waals surface area contributed by atoms with Crippen LogP contribution in [0.25, 0.3) is 6.08 Å². The van der Waals surface area contributed by atoms with Gasteiger partial charge in [-0.15, -0.1) is 0 Å². The second-order valence-electron chi connectivity index (χ2n) is 7.96. The Labute approximate surface area is 177 Å². The van der Waals surface area contributed by atoms with Gasteiger partial charge in [-0.1, -0.05) is 29.8 Å². The van der Waals surface area contributed by atoms with E-state index in [0.29, 0.717) is 13.1 Å². The number of hydrazone groups is 1. The second-order valence-corrected chi connectivity index (χ2v) is 7.96. The van der Waals surface area contributed by atoms with E-state index < -0.39 is 0 Å². The summed E-state index contributed by atoms with van der Waals surface area (Å²) in [6, 6.07) is 14.9. The monoisotopic (exact) mass is 406 g/mol. The fraction of sp³-hybridized carbons (Fsp3) is 0.333. The first kappa shape index (κ1) is 20.3. The number of hydrogen-bond acceptors (Lipinski definition) is 4. The molecule has 0 spiro atoms. The molecule has 1 saturated heterocycles. The molecule has 2 aromatic carbocycles. The number of anilines is 1. The number of benzene rings is 2. The Morgan fingerprint density at radius 3 is 2.30 bits per heavy atom. The summed E-state index contributed by atoms with van der Waals surface area (Å²) in [4.78, 5) is 17.2. The van der Waals surface area contributed by atoms with E-state index in [1.165, 1.54) is 17.7 Å². The molecule has 6 heteroatoms. The molecule has 30 heavy (non-hydrogen) atoms. The zero-order valence-electron chi connectivity index (χ0n) is 17.5.